The highest BCUT2D eigenvalue weighted by atomic mass is 16.5. The zero-order valence-corrected chi connectivity index (χ0v) is 10.2. The maximum absolute atomic E-state index is 9.57. The van der Waals surface area contributed by atoms with E-state index in [4.69, 9.17) is 9.47 Å². The average Bonchev–Trinajstić information content (AvgIpc) is 2.39. The molecule has 2 aromatic carbocycles. The summed E-state index contributed by atoms with van der Waals surface area (Å²) < 4.78 is 10.5. The van der Waals surface area contributed by atoms with Gasteiger partial charge in [0.1, 0.15) is 23.0 Å². The Morgan fingerprint density at radius 1 is 0.778 bits per heavy atom. The van der Waals surface area contributed by atoms with Crippen molar-refractivity contribution in [3.05, 3.63) is 36.4 Å². The molecule has 0 atom stereocenters. The predicted molar refractivity (Wildman–Crippen MR) is 68.3 cm³/mol. The highest BCUT2D eigenvalue weighted by Crippen LogP contribution is 2.41. The van der Waals surface area contributed by atoms with E-state index in [1.54, 1.807) is 24.3 Å². The highest BCUT2D eigenvalue weighted by Gasteiger charge is 2.14. The van der Waals surface area contributed by atoms with Crippen molar-refractivity contribution in [3.63, 3.8) is 0 Å². The second-order valence-corrected chi connectivity index (χ2v) is 3.77. The van der Waals surface area contributed by atoms with Crippen LogP contribution in [0, 0.1) is 0 Å². The van der Waals surface area contributed by atoms with Gasteiger partial charge in [-0.25, -0.2) is 0 Å². The van der Waals surface area contributed by atoms with Crippen molar-refractivity contribution in [2.45, 2.75) is 0 Å². The molecule has 4 heteroatoms. The number of phenols is 2. The van der Waals surface area contributed by atoms with E-state index in [-0.39, 0.29) is 11.5 Å². The predicted octanol–water partition coefficient (Wildman–Crippen LogP) is 2.78. The van der Waals surface area contributed by atoms with E-state index >= 15 is 0 Å². The van der Waals surface area contributed by atoms with E-state index < -0.39 is 0 Å². The van der Waals surface area contributed by atoms with Gasteiger partial charge in [0, 0.05) is 12.1 Å². The molecule has 0 unspecified atom stereocenters. The first kappa shape index (κ1) is 12.1. The number of ether oxygens (including phenoxy) is 2. The molecule has 0 aliphatic heterocycles. The van der Waals surface area contributed by atoms with Crippen molar-refractivity contribution >= 4 is 0 Å². The van der Waals surface area contributed by atoms with Crippen LogP contribution in [0.2, 0.25) is 0 Å². The maximum atomic E-state index is 9.57. The molecule has 94 valence electrons. The van der Waals surface area contributed by atoms with Crippen molar-refractivity contribution < 1.29 is 19.7 Å². The standard InChI is InChI=1S/C14H14O4/c1-17-12-7-11(16)8-13(18-2)14(12)9-3-5-10(15)6-4-9/h3-8,15-16H,1-2H3. The quantitative estimate of drug-likeness (QED) is 0.874. The molecule has 2 rings (SSSR count). The molecule has 2 aromatic rings. The average molecular weight is 246 g/mol. The van der Waals surface area contributed by atoms with Gasteiger partial charge >= 0.3 is 0 Å². The van der Waals surface area contributed by atoms with Crippen molar-refractivity contribution in [3.8, 4) is 34.1 Å². The number of benzene rings is 2. The first-order valence-electron chi connectivity index (χ1n) is 5.40. The first-order chi connectivity index (χ1) is 8.65. The normalized spacial score (nSPS) is 10.1. The molecular weight excluding hydrogens is 232 g/mol. The lowest BCUT2D eigenvalue weighted by Gasteiger charge is -2.14. The third-order valence-corrected chi connectivity index (χ3v) is 2.65. The van der Waals surface area contributed by atoms with Gasteiger partial charge in [-0.05, 0) is 17.7 Å². The largest absolute Gasteiger partial charge is 0.508 e. The molecule has 4 nitrogen and oxygen atoms in total. The Balaban J connectivity index is 2.64. The molecule has 0 heterocycles. The van der Waals surface area contributed by atoms with Gasteiger partial charge in [-0.3, -0.25) is 0 Å². The van der Waals surface area contributed by atoms with E-state index in [9.17, 15) is 10.2 Å². The fourth-order valence-corrected chi connectivity index (χ4v) is 1.81. The Morgan fingerprint density at radius 2 is 1.28 bits per heavy atom. The van der Waals surface area contributed by atoms with Gasteiger partial charge in [-0.1, -0.05) is 12.1 Å². The lowest BCUT2D eigenvalue weighted by molar-refractivity contribution is 0.388. The van der Waals surface area contributed by atoms with Crippen LogP contribution in [0.15, 0.2) is 36.4 Å². The van der Waals surface area contributed by atoms with Crippen LogP contribution in [0.1, 0.15) is 0 Å². The van der Waals surface area contributed by atoms with E-state index in [1.165, 1.54) is 26.4 Å². The van der Waals surface area contributed by atoms with Crippen LogP contribution in [0.3, 0.4) is 0 Å². The second kappa shape index (κ2) is 4.87. The summed E-state index contributed by atoms with van der Waals surface area (Å²) in [5, 5.41) is 18.9. The van der Waals surface area contributed by atoms with Gasteiger partial charge in [0.25, 0.3) is 0 Å². The number of hydrogen-bond donors (Lipinski definition) is 2. The number of aromatic hydroxyl groups is 2. The smallest absolute Gasteiger partial charge is 0.134 e. The molecule has 2 N–H and O–H groups in total. The molecule has 0 radical (unpaired) electrons. The Labute approximate surface area is 105 Å². The summed E-state index contributed by atoms with van der Waals surface area (Å²) in [6, 6.07) is 9.72. The minimum Gasteiger partial charge on any atom is -0.508 e. The Bertz CT molecular complexity index is 521. The van der Waals surface area contributed by atoms with Gasteiger partial charge in [-0.2, -0.15) is 0 Å². The molecule has 0 aromatic heterocycles. The molecule has 0 saturated heterocycles. The molecule has 0 aliphatic carbocycles. The SMILES string of the molecule is COc1cc(O)cc(OC)c1-c1ccc(O)cc1. The number of hydrogen-bond acceptors (Lipinski definition) is 4. The molecule has 0 fully saturated rings. The fraction of sp³-hybridized carbons (Fsp3) is 0.143. The Hall–Kier alpha value is -2.36. The zero-order chi connectivity index (χ0) is 13.1. The topological polar surface area (TPSA) is 58.9 Å². The van der Waals surface area contributed by atoms with Gasteiger partial charge in [0.2, 0.25) is 0 Å². The summed E-state index contributed by atoms with van der Waals surface area (Å²) in [6.45, 7) is 0. The lowest BCUT2D eigenvalue weighted by atomic mass is 10.0. The third-order valence-electron chi connectivity index (χ3n) is 2.65. The van der Waals surface area contributed by atoms with Crippen LogP contribution in [-0.2, 0) is 0 Å². The molecule has 0 aliphatic rings. The number of methoxy groups -OCH3 is 2. The minimum absolute atomic E-state index is 0.0752. The number of rotatable bonds is 3. The summed E-state index contributed by atoms with van der Waals surface area (Å²) in [7, 11) is 3.05. The molecule has 0 amide bonds. The van der Waals surface area contributed by atoms with Gasteiger partial charge < -0.3 is 19.7 Å². The van der Waals surface area contributed by atoms with E-state index in [2.05, 4.69) is 0 Å². The van der Waals surface area contributed by atoms with Crippen LogP contribution in [0.5, 0.6) is 23.0 Å². The van der Waals surface area contributed by atoms with Gasteiger partial charge in [-0.15, -0.1) is 0 Å². The molecular formula is C14H14O4. The molecule has 0 spiro atoms. The molecule has 0 bridgehead atoms. The molecule has 0 saturated carbocycles. The van der Waals surface area contributed by atoms with Crippen molar-refractivity contribution in [1.29, 1.82) is 0 Å². The monoisotopic (exact) mass is 246 g/mol. The first-order valence-corrected chi connectivity index (χ1v) is 5.40. The van der Waals surface area contributed by atoms with Crippen molar-refractivity contribution in [1.82, 2.24) is 0 Å². The fourth-order valence-electron chi connectivity index (χ4n) is 1.81. The third kappa shape index (κ3) is 2.18. The minimum atomic E-state index is 0.0752. The van der Waals surface area contributed by atoms with Crippen LogP contribution in [0.25, 0.3) is 11.1 Å². The van der Waals surface area contributed by atoms with E-state index in [0.717, 1.165) is 11.1 Å². The van der Waals surface area contributed by atoms with Crippen LogP contribution >= 0.6 is 0 Å². The van der Waals surface area contributed by atoms with Crippen LogP contribution in [-0.4, -0.2) is 24.4 Å². The van der Waals surface area contributed by atoms with Crippen molar-refractivity contribution in [2.75, 3.05) is 14.2 Å². The lowest BCUT2D eigenvalue weighted by Crippen LogP contribution is -1.93. The Kier molecular flexibility index (Phi) is 3.28. The summed E-state index contributed by atoms with van der Waals surface area (Å²) >= 11 is 0. The summed E-state index contributed by atoms with van der Waals surface area (Å²) in [5.41, 5.74) is 1.57. The van der Waals surface area contributed by atoms with Gasteiger partial charge in [0.05, 0.1) is 19.8 Å². The van der Waals surface area contributed by atoms with Crippen molar-refractivity contribution in [2.24, 2.45) is 0 Å². The van der Waals surface area contributed by atoms with Gasteiger partial charge in [0.15, 0.2) is 0 Å². The Morgan fingerprint density at radius 3 is 1.72 bits per heavy atom. The summed E-state index contributed by atoms with van der Waals surface area (Å²) in [4.78, 5) is 0. The zero-order valence-electron chi connectivity index (χ0n) is 10.2. The van der Waals surface area contributed by atoms with Crippen LogP contribution in [0.4, 0.5) is 0 Å². The van der Waals surface area contributed by atoms with E-state index in [1.807, 2.05) is 0 Å². The molecule has 18 heavy (non-hydrogen) atoms. The summed E-state index contributed by atoms with van der Waals surface area (Å²) in [6.07, 6.45) is 0. The number of phenolic OH excluding ortho intramolecular Hbond substituents is 2. The van der Waals surface area contributed by atoms with Crippen LogP contribution < -0.4 is 9.47 Å². The van der Waals surface area contributed by atoms with E-state index in [0.29, 0.717) is 11.5 Å². The summed E-state index contributed by atoms with van der Waals surface area (Å²) in [5.74, 6) is 1.29. The maximum Gasteiger partial charge on any atom is 0.134 e. The highest BCUT2D eigenvalue weighted by molar-refractivity contribution is 5.78. The second-order valence-electron chi connectivity index (χ2n) is 3.77.